The summed E-state index contributed by atoms with van der Waals surface area (Å²) in [6.07, 6.45) is 2.44. The fraction of sp³-hybridized carbons (Fsp3) is 0.556. The maximum Gasteiger partial charge on any atom is 0.150 e. The van der Waals surface area contributed by atoms with Crippen molar-refractivity contribution in [2.24, 2.45) is 0 Å². The minimum atomic E-state index is -2.86. The first-order chi connectivity index (χ1) is 7.98. The maximum atomic E-state index is 11.3. The average Bonchev–Trinajstić information content (AvgIpc) is 2.27. The number of hydrogen-bond acceptors (Lipinski definition) is 6. The average molecular weight is 277 g/mol. The molecule has 0 aromatic carbocycles. The number of halogens is 1. The number of nitrogen functional groups attached to an aromatic ring is 1. The summed E-state index contributed by atoms with van der Waals surface area (Å²) >= 11 is 5.94. The van der Waals surface area contributed by atoms with Crippen LogP contribution < -0.4 is 11.1 Å². The van der Waals surface area contributed by atoms with Crippen LogP contribution in [0.25, 0.3) is 0 Å². The highest BCUT2D eigenvalue weighted by atomic mass is 35.5. The van der Waals surface area contributed by atoms with Crippen molar-refractivity contribution >= 4 is 33.1 Å². The Morgan fingerprint density at radius 1 is 1.35 bits per heavy atom. The van der Waals surface area contributed by atoms with E-state index in [1.807, 2.05) is 0 Å². The third-order valence-electron chi connectivity index (χ3n) is 2.71. The molecule has 8 heteroatoms. The number of anilines is 2. The lowest BCUT2D eigenvalue weighted by atomic mass is 10.1. The molecule has 0 unspecified atom stereocenters. The van der Waals surface area contributed by atoms with Gasteiger partial charge in [-0.05, 0) is 12.8 Å². The number of nitrogens with two attached hydrogens (primary N) is 1. The quantitative estimate of drug-likeness (QED) is 0.825. The van der Waals surface area contributed by atoms with Crippen LogP contribution in [0.2, 0.25) is 5.02 Å². The summed E-state index contributed by atoms with van der Waals surface area (Å²) in [7, 11) is -2.86. The van der Waals surface area contributed by atoms with E-state index in [2.05, 4.69) is 15.3 Å². The minimum absolute atomic E-state index is 0.0605. The van der Waals surface area contributed by atoms with Gasteiger partial charge in [-0.15, -0.1) is 0 Å². The molecule has 0 amide bonds. The van der Waals surface area contributed by atoms with Crippen LogP contribution in [0.4, 0.5) is 11.6 Å². The summed E-state index contributed by atoms with van der Waals surface area (Å²) in [6, 6.07) is 0.0605. The van der Waals surface area contributed by atoms with Gasteiger partial charge in [-0.1, -0.05) is 11.6 Å². The summed E-state index contributed by atoms with van der Waals surface area (Å²) in [5.74, 6) is 1.07. The van der Waals surface area contributed by atoms with Crippen LogP contribution in [0.5, 0.6) is 0 Å². The Kier molecular flexibility index (Phi) is 3.39. The van der Waals surface area contributed by atoms with Gasteiger partial charge in [0.25, 0.3) is 0 Å². The molecular formula is C9H13ClN4O2S. The van der Waals surface area contributed by atoms with Gasteiger partial charge in [-0.2, -0.15) is 0 Å². The first-order valence-corrected chi connectivity index (χ1v) is 7.41. The largest absolute Gasteiger partial charge is 0.382 e. The first-order valence-electron chi connectivity index (χ1n) is 5.21. The Morgan fingerprint density at radius 3 is 2.65 bits per heavy atom. The molecule has 1 aliphatic rings. The normalized spacial score (nSPS) is 20.1. The zero-order valence-corrected chi connectivity index (χ0v) is 10.6. The van der Waals surface area contributed by atoms with Crippen molar-refractivity contribution in [3.05, 3.63) is 11.3 Å². The standard InChI is InChI=1S/C9H13ClN4O2S/c10-7-8(11)12-5-13-9(7)14-6-1-3-17(15,16)4-2-6/h5-6H,1-4H2,(H3,11,12,13,14). The van der Waals surface area contributed by atoms with Gasteiger partial charge in [-0.3, -0.25) is 0 Å². The maximum absolute atomic E-state index is 11.3. The Morgan fingerprint density at radius 2 is 2.00 bits per heavy atom. The van der Waals surface area contributed by atoms with E-state index in [-0.39, 0.29) is 28.4 Å². The third kappa shape index (κ3) is 2.98. The fourth-order valence-corrected chi connectivity index (χ4v) is 3.36. The molecule has 0 atom stereocenters. The second-order valence-electron chi connectivity index (χ2n) is 3.99. The van der Waals surface area contributed by atoms with Crippen molar-refractivity contribution in [2.75, 3.05) is 22.6 Å². The molecule has 1 aliphatic heterocycles. The van der Waals surface area contributed by atoms with Crippen molar-refractivity contribution in [1.82, 2.24) is 9.97 Å². The highest BCUT2D eigenvalue weighted by Gasteiger charge is 2.24. The van der Waals surface area contributed by atoms with Crippen molar-refractivity contribution in [3.63, 3.8) is 0 Å². The van der Waals surface area contributed by atoms with Crippen molar-refractivity contribution in [2.45, 2.75) is 18.9 Å². The van der Waals surface area contributed by atoms with E-state index >= 15 is 0 Å². The van der Waals surface area contributed by atoms with Crippen molar-refractivity contribution in [1.29, 1.82) is 0 Å². The monoisotopic (exact) mass is 276 g/mol. The Labute approximate surface area is 105 Å². The molecule has 6 nitrogen and oxygen atoms in total. The molecule has 1 fully saturated rings. The van der Waals surface area contributed by atoms with Crippen molar-refractivity contribution < 1.29 is 8.42 Å². The van der Waals surface area contributed by atoms with Crippen LogP contribution in [-0.4, -0.2) is 35.9 Å². The number of nitrogens with zero attached hydrogens (tertiary/aromatic N) is 2. The number of rotatable bonds is 2. The van der Waals surface area contributed by atoms with Crippen LogP contribution in [-0.2, 0) is 9.84 Å². The molecule has 0 bridgehead atoms. The highest BCUT2D eigenvalue weighted by Crippen LogP contribution is 2.25. The van der Waals surface area contributed by atoms with E-state index in [4.69, 9.17) is 17.3 Å². The smallest absolute Gasteiger partial charge is 0.150 e. The second-order valence-corrected chi connectivity index (χ2v) is 6.67. The molecule has 0 saturated carbocycles. The summed E-state index contributed by atoms with van der Waals surface area (Å²) in [5.41, 5.74) is 5.55. The zero-order chi connectivity index (χ0) is 12.5. The van der Waals surface area contributed by atoms with Gasteiger partial charge in [0.2, 0.25) is 0 Å². The molecule has 0 radical (unpaired) electrons. The molecule has 1 aromatic rings. The molecular weight excluding hydrogens is 264 g/mol. The predicted molar refractivity (Wildman–Crippen MR) is 66.8 cm³/mol. The lowest BCUT2D eigenvalue weighted by molar-refractivity contribution is 0.559. The van der Waals surface area contributed by atoms with Gasteiger partial charge in [0.05, 0.1) is 11.5 Å². The van der Waals surface area contributed by atoms with Crippen LogP contribution in [0.15, 0.2) is 6.33 Å². The molecule has 94 valence electrons. The topological polar surface area (TPSA) is 98.0 Å². The predicted octanol–water partition coefficient (Wildman–Crippen LogP) is 0.701. The molecule has 0 spiro atoms. The van der Waals surface area contributed by atoms with Crippen LogP contribution in [0, 0.1) is 0 Å². The summed E-state index contributed by atoms with van der Waals surface area (Å²) < 4.78 is 22.5. The van der Waals surface area contributed by atoms with E-state index in [1.54, 1.807) is 0 Å². The van der Waals surface area contributed by atoms with E-state index in [1.165, 1.54) is 6.33 Å². The fourth-order valence-electron chi connectivity index (χ4n) is 1.71. The van der Waals surface area contributed by atoms with Crippen molar-refractivity contribution in [3.8, 4) is 0 Å². The second kappa shape index (κ2) is 4.66. The van der Waals surface area contributed by atoms with Crippen LogP contribution >= 0.6 is 11.6 Å². The van der Waals surface area contributed by atoms with Gasteiger partial charge in [0, 0.05) is 6.04 Å². The van der Waals surface area contributed by atoms with E-state index in [0.29, 0.717) is 18.7 Å². The molecule has 3 N–H and O–H groups in total. The van der Waals surface area contributed by atoms with E-state index in [9.17, 15) is 8.42 Å². The van der Waals surface area contributed by atoms with Gasteiger partial charge < -0.3 is 11.1 Å². The lowest BCUT2D eigenvalue weighted by Gasteiger charge is -2.23. The Balaban J connectivity index is 2.05. The molecule has 2 rings (SSSR count). The first kappa shape index (κ1) is 12.4. The molecule has 17 heavy (non-hydrogen) atoms. The zero-order valence-electron chi connectivity index (χ0n) is 9.06. The highest BCUT2D eigenvalue weighted by molar-refractivity contribution is 7.91. The minimum Gasteiger partial charge on any atom is -0.382 e. The van der Waals surface area contributed by atoms with E-state index < -0.39 is 9.84 Å². The summed E-state index contributed by atoms with van der Waals surface area (Å²) in [4.78, 5) is 7.74. The number of aromatic nitrogens is 2. The number of hydrogen-bond donors (Lipinski definition) is 2. The van der Waals surface area contributed by atoms with Crippen LogP contribution in [0.1, 0.15) is 12.8 Å². The Hall–Kier alpha value is -1.08. The van der Waals surface area contributed by atoms with Gasteiger partial charge in [0.1, 0.15) is 27.0 Å². The third-order valence-corrected chi connectivity index (χ3v) is 4.80. The number of sulfone groups is 1. The lowest BCUT2D eigenvalue weighted by Crippen LogP contribution is -2.32. The van der Waals surface area contributed by atoms with Crippen LogP contribution in [0.3, 0.4) is 0 Å². The van der Waals surface area contributed by atoms with E-state index in [0.717, 1.165) is 0 Å². The summed E-state index contributed by atoms with van der Waals surface area (Å²) in [5, 5.41) is 3.38. The summed E-state index contributed by atoms with van der Waals surface area (Å²) in [6.45, 7) is 0. The molecule has 0 aliphatic carbocycles. The molecule has 1 aromatic heterocycles. The number of nitrogens with one attached hydrogen (secondary N) is 1. The van der Waals surface area contributed by atoms with Gasteiger partial charge >= 0.3 is 0 Å². The molecule has 2 heterocycles. The Bertz CT molecular complexity index is 506. The van der Waals surface area contributed by atoms with Gasteiger partial charge in [0.15, 0.2) is 5.82 Å². The van der Waals surface area contributed by atoms with Gasteiger partial charge in [-0.25, -0.2) is 18.4 Å². The molecule has 1 saturated heterocycles. The SMILES string of the molecule is Nc1ncnc(NC2CCS(=O)(=O)CC2)c1Cl.